The first-order chi connectivity index (χ1) is 16.2. The van der Waals surface area contributed by atoms with Gasteiger partial charge in [0.1, 0.15) is 12.4 Å². The molecule has 0 aromatic heterocycles. The molecule has 0 spiro atoms. The van der Waals surface area contributed by atoms with E-state index in [0.717, 1.165) is 22.6 Å². The second-order valence-electron chi connectivity index (χ2n) is 8.22. The van der Waals surface area contributed by atoms with E-state index < -0.39 is 0 Å². The first kappa shape index (κ1) is 21.3. The quantitative estimate of drug-likeness (QED) is 0.291. The van der Waals surface area contributed by atoms with Crippen LogP contribution in [0.15, 0.2) is 97.6 Å². The number of rotatable bonds is 6. The van der Waals surface area contributed by atoms with Crippen molar-refractivity contribution in [3.8, 4) is 5.75 Å². The first-order valence-corrected chi connectivity index (χ1v) is 11.4. The van der Waals surface area contributed by atoms with Crippen molar-refractivity contribution < 1.29 is 9.53 Å². The van der Waals surface area contributed by atoms with Gasteiger partial charge in [0.2, 0.25) is 5.91 Å². The molecule has 1 unspecified atom stereocenters. The van der Waals surface area contributed by atoms with Crippen molar-refractivity contribution >= 4 is 34.0 Å². The number of carbonyl (C=O) groups is 1. The molecule has 33 heavy (non-hydrogen) atoms. The number of fused-ring (bicyclic) bond motifs is 3. The minimum Gasteiger partial charge on any atom is -0.490 e. The zero-order valence-electron chi connectivity index (χ0n) is 18.2. The summed E-state index contributed by atoms with van der Waals surface area (Å²) >= 11 is 6.43. The van der Waals surface area contributed by atoms with Crippen molar-refractivity contribution in [3.05, 3.63) is 119 Å². The molecule has 164 valence electrons. The second kappa shape index (κ2) is 9.13. The van der Waals surface area contributed by atoms with E-state index in [-0.39, 0.29) is 11.8 Å². The third-order valence-electron chi connectivity index (χ3n) is 6.20. The van der Waals surface area contributed by atoms with Gasteiger partial charge in [-0.05, 0) is 51.7 Å². The minimum absolute atomic E-state index is 0.0328. The Morgan fingerprint density at radius 1 is 0.970 bits per heavy atom. The molecule has 1 atom stereocenters. The van der Waals surface area contributed by atoms with Crippen molar-refractivity contribution in [3.63, 3.8) is 0 Å². The number of hydrogen-bond donors (Lipinski definition) is 0. The van der Waals surface area contributed by atoms with E-state index in [1.807, 2.05) is 47.4 Å². The summed E-state index contributed by atoms with van der Waals surface area (Å²) in [6, 6.07) is 28.3. The van der Waals surface area contributed by atoms with Crippen molar-refractivity contribution in [1.82, 2.24) is 0 Å². The minimum atomic E-state index is -0.0328. The third kappa shape index (κ3) is 4.12. The van der Waals surface area contributed by atoms with E-state index >= 15 is 0 Å². The van der Waals surface area contributed by atoms with Gasteiger partial charge in [-0.15, -0.1) is 0 Å². The molecular formula is C29H24ClNO2. The van der Waals surface area contributed by atoms with Gasteiger partial charge < -0.3 is 9.64 Å². The summed E-state index contributed by atoms with van der Waals surface area (Å²) in [6.45, 7) is 4.61. The van der Waals surface area contributed by atoms with E-state index in [1.165, 1.54) is 16.3 Å². The van der Waals surface area contributed by atoms with Crippen molar-refractivity contribution in [2.75, 3.05) is 11.5 Å². The summed E-state index contributed by atoms with van der Waals surface area (Å²) in [5, 5.41) is 3.01. The summed E-state index contributed by atoms with van der Waals surface area (Å²) in [7, 11) is 0. The SMILES string of the molecule is C=CCOc1ccc(C2CC(=O)N(Cc3ccccc3Cl)c3ccc4ccccc4c32)cc1. The molecule has 0 aliphatic carbocycles. The van der Waals surface area contributed by atoms with E-state index in [1.54, 1.807) is 6.08 Å². The predicted octanol–water partition coefficient (Wildman–Crippen LogP) is 7.13. The molecular weight excluding hydrogens is 430 g/mol. The van der Waals surface area contributed by atoms with Crippen molar-refractivity contribution in [1.29, 1.82) is 0 Å². The summed E-state index contributed by atoms with van der Waals surface area (Å²) in [5.74, 6) is 0.850. The number of anilines is 1. The molecule has 0 bridgehead atoms. The number of ether oxygens (including phenoxy) is 1. The largest absolute Gasteiger partial charge is 0.490 e. The fourth-order valence-corrected chi connectivity index (χ4v) is 4.81. The number of nitrogens with zero attached hydrogens (tertiary/aromatic N) is 1. The lowest BCUT2D eigenvalue weighted by Gasteiger charge is -2.35. The van der Waals surface area contributed by atoms with Gasteiger partial charge in [0.25, 0.3) is 0 Å². The standard InChI is InChI=1S/C29H24ClNO2/c1-2-17-33-23-14-11-21(12-15-23)25-18-28(32)31(19-22-8-4-6-10-26(22)30)27-16-13-20-7-3-5-9-24(20)29(25)27/h2-16,25H,1,17-19H2. The van der Waals surface area contributed by atoms with E-state index in [2.05, 4.69) is 49.0 Å². The van der Waals surface area contributed by atoms with Crippen LogP contribution in [0.2, 0.25) is 5.02 Å². The Kier molecular flexibility index (Phi) is 5.89. The van der Waals surface area contributed by atoms with E-state index in [9.17, 15) is 4.79 Å². The van der Waals surface area contributed by atoms with Crippen LogP contribution in [-0.2, 0) is 11.3 Å². The topological polar surface area (TPSA) is 29.5 Å². The Bertz CT molecular complexity index is 1330. The Morgan fingerprint density at radius 2 is 1.73 bits per heavy atom. The van der Waals surface area contributed by atoms with E-state index in [0.29, 0.717) is 24.6 Å². The summed E-state index contributed by atoms with van der Waals surface area (Å²) in [5.41, 5.74) is 4.17. The molecule has 0 saturated carbocycles. The van der Waals surface area contributed by atoms with Crippen LogP contribution in [0.4, 0.5) is 5.69 Å². The molecule has 4 heteroatoms. The highest BCUT2D eigenvalue weighted by Gasteiger charge is 2.33. The van der Waals surface area contributed by atoms with Gasteiger partial charge in [0.05, 0.1) is 6.54 Å². The highest BCUT2D eigenvalue weighted by atomic mass is 35.5. The van der Waals surface area contributed by atoms with Gasteiger partial charge in [0.15, 0.2) is 0 Å². The molecule has 3 nitrogen and oxygen atoms in total. The highest BCUT2D eigenvalue weighted by molar-refractivity contribution is 6.31. The second-order valence-corrected chi connectivity index (χ2v) is 8.62. The zero-order valence-corrected chi connectivity index (χ0v) is 19.0. The molecule has 5 rings (SSSR count). The average Bonchev–Trinajstić information content (AvgIpc) is 2.85. The van der Waals surface area contributed by atoms with Crippen LogP contribution < -0.4 is 9.64 Å². The van der Waals surface area contributed by atoms with Crippen LogP contribution in [0.1, 0.15) is 29.0 Å². The fourth-order valence-electron chi connectivity index (χ4n) is 4.61. The van der Waals surface area contributed by atoms with Gasteiger partial charge in [-0.25, -0.2) is 0 Å². The van der Waals surface area contributed by atoms with Gasteiger partial charge in [-0.1, -0.05) is 84.9 Å². The maximum absolute atomic E-state index is 13.4. The predicted molar refractivity (Wildman–Crippen MR) is 135 cm³/mol. The van der Waals surface area contributed by atoms with Crippen LogP contribution in [-0.4, -0.2) is 12.5 Å². The van der Waals surface area contributed by atoms with Crippen LogP contribution in [0.5, 0.6) is 5.75 Å². The number of amides is 1. The van der Waals surface area contributed by atoms with Gasteiger partial charge >= 0.3 is 0 Å². The summed E-state index contributed by atoms with van der Waals surface area (Å²) < 4.78 is 5.65. The Hall–Kier alpha value is -3.56. The maximum Gasteiger partial charge on any atom is 0.228 e. The number of benzene rings is 4. The van der Waals surface area contributed by atoms with Gasteiger partial charge in [0, 0.05) is 23.0 Å². The molecule has 0 N–H and O–H groups in total. The fraction of sp³-hybridized carbons (Fsp3) is 0.138. The number of carbonyl (C=O) groups excluding carboxylic acids is 1. The Balaban J connectivity index is 1.61. The molecule has 4 aromatic rings. The third-order valence-corrected chi connectivity index (χ3v) is 6.57. The highest BCUT2D eigenvalue weighted by Crippen LogP contribution is 2.45. The monoisotopic (exact) mass is 453 g/mol. The zero-order chi connectivity index (χ0) is 22.8. The lowest BCUT2D eigenvalue weighted by Crippen LogP contribution is -2.36. The van der Waals surface area contributed by atoms with Crippen LogP contribution >= 0.6 is 11.6 Å². The first-order valence-electron chi connectivity index (χ1n) is 11.0. The van der Waals surface area contributed by atoms with E-state index in [4.69, 9.17) is 16.3 Å². The maximum atomic E-state index is 13.4. The molecule has 0 fully saturated rings. The molecule has 1 heterocycles. The molecule has 4 aromatic carbocycles. The lowest BCUT2D eigenvalue weighted by atomic mass is 9.81. The number of halogens is 1. The smallest absolute Gasteiger partial charge is 0.228 e. The average molecular weight is 454 g/mol. The van der Waals surface area contributed by atoms with Gasteiger partial charge in [-0.2, -0.15) is 0 Å². The van der Waals surface area contributed by atoms with Crippen molar-refractivity contribution in [2.45, 2.75) is 18.9 Å². The molecule has 1 aliphatic heterocycles. The van der Waals surface area contributed by atoms with Gasteiger partial charge in [-0.3, -0.25) is 4.79 Å². The number of hydrogen-bond acceptors (Lipinski definition) is 2. The van der Waals surface area contributed by atoms with Crippen LogP contribution in [0, 0.1) is 0 Å². The molecule has 0 saturated heterocycles. The van der Waals surface area contributed by atoms with Crippen LogP contribution in [0.25, 0.3) is 10.8 Å². The van der Waals surface area contributed by atoms with Crippen molar-refractivity contribution in [2.24, 2.45) is 0 Å². The lowest BCUT2D eigenvalue weighted by molar-refractivity contribution is -0.119. The molecule has 1 amide bonds. The van der Waals surface area contributed by atoms with Crippen LogP contribution in [0.3, 0.4) is 0 Å². The molecule has 1 aliphatic rings. The molecule has 0 radical (unpaired) electrons. The summed E-state index contributed by atoms with van der Waals surface area (Å²) in [6.07, 6.45) is 2.13. The Morgan fingerprint density at radius 3 is 2.52 bits per heavy atom. The Labute approximate surface area is 198 Å². The summed E-state index contributed by atoms with van der Waals surface area (Å²) in [4.78, 5) is 15.3. The normalized spacial score (nSPS) is 15.4.